The molecule has 0 aromatic rings. The van der Waals surface area contributed by atoms with Crippen molar-refractivity contribution in [1.29, 1.82) is 0 Å². The van der Waals surface area contributed by atoms with Crippen LogP contribution in [0.1, 0.15) is 33.1 Å². The third-order valence-electron chi connectivity index (χ3n) is 2.42. The van der Waals surface area contributed by atoms with Crippen LogP contribution in [0.15, 0.2) is 0 Å². The summed E-state index contributed by atoms with van der Waals surface area (Å²) >= 11 is 0. The van der Waals surface area contributed by atoms with Crippen LogP contribution in [-0.2, 0) is 0 Å². The molecule has 0 aromatic carbocycles. The van der Waals surface area contributed by atoms with Gasteiger partial charge < -0.3 is 10.6 Å². The molecule has 1 aliphatic carbocycles. The van der Waals surface area contributed by atoms with Crippen LogP contribution in [0, 0.1) is 0 Å². The Bertz CT molecular complexity index is 91.7. The second-order valence-electron chi connectivity index (χ2n) is 3.32. The van der Waals surface area contributed by atoms with Gasteiger partial charge in [-0.3, -0.25) is 0 Å². The first-order chi connectivity index (χ1) is 5.36. The molecule has 0 saturated heterocycles. The molecule has 0 bridgehead atoms. The minimum Gasteiger partial charge on any atom is -0.314 e. The molecule has 0 heterocycles. The maximum Gasteiger partial charge on any atom is 0.00823 e. The zero-order valence-corrected chi connectivity index (χ0v) is 7.69. The Balaban J connectivity index is 2.12. The Morgan fingerprint density at radius 3 is 1.82 bits per heavy atom. The zero-order valence-electron chi connectivity index (χ0n) is 7.69. The van der Waals surface area contributed by atoms with Crippen LogP contribution < -0.4 is 10.6 Å². The maximum atomic E-state index is 3.49. The molecule has 0 aliphatic heterocycles. The Labute approximate surface area is 69.8 Å². The van der Waals surface area contributed by atoms with Crippen molar-refractivity contribution in [1.82, 2.24) is 10.6 Å². The van der Waals surface area contributed by atoms with E-state index in [0.29, 0.717) is 0 Å². The average Bonchev–Trinajstić information content (AvgIpc) is 2.38. The normalized spacial score (nSPS) is 31.1. The lowest BCUT2D eigenvalue weighted by Gasteiger charge is -2.11. The van der Waals surface area contributed by atoms with Gasteiger partial charge in [-0.2, -0.15) is 0 Å². The summed E-state index contributed by atoms with van der Waals surface area (Å²) < 4.78 is 0. The van der Waals surface area contributed by atoms with Gasteiger partial charge in [-0.15, -0.1) is 0 Å². The fraction of sp³-hybridized carbons (Fsp3) is 1.00. The SMILES string of the molecule is CCNC1CCC(NCC)C1. The summed E-state index contributed by atoms with van der Waals surface area (Å²) in [7, 11) is 0. The molecule has 2 N–H and O–H groups in total. The third-order valence-corrected chi connectivity index (χ3v) is 2.42. The van der Waals surface area contributed by atoms with Gasteiger partial charge in [-0.1, -0.05) is 13.8 Å². The van der Waals surface area contributed by atoms with Gasteiger partial charge in [-0.05, 0) is 32.4 Å². The Kier molecular flexibility index (Phi) is 3.87. The van der Waals surface area contributed by atoms with Crippen LogP contribution in [0.4, 0.5) is 0 Å². The van der Waals surface area contributed by atoms with E-state index in [1.807, 2.05) is 0 Å². The minimum absolute atomic E-state index is 0.782. The predicted molar refractivity (Wildman–Crippen MR) is 48.8 cm³/mol. The van der Waals surface area contributed by atoms with Crippen LogP contribution in [0.3, 0.4) is 0 Å². The van der Waals surface area contributed by atoms with Gasteiger partial charge in [0.2, 0.25) is 0 Å². The highest BCUT2D eigenvalue weighted by Gasteiger charge is 2.22. The zero-order chi connectivity index (χ0) is 8.10. The Hall–Kier alpha value is -0.0800. The lowest BCUT2D eigenvalue weighted by Crippen LogP contribution is -2.30. The lowest BCUT2D eigenvalue weighted by atomic mass is 10.2. The summed E-state index contributed by atoms with van der Waals surface area (Å²) in [5, 5.41) is 6.99. The molecule has 0 spiro atoms. The Morgan fingerprint density at radius 1 is 1.00 bits per heavy atom. The van der Waals surface area contributed by atoms with Crippen LogP contribution in [0.5, 0.6) is 0 Å². The number of hydrogen-bond donors (Lipinski definition) is 2. The fourth-order valence-corrected chi connectivity index (χ4v) is 1.93. The molecule has 0 radical (unpaired) electrons. The summed E-state index contributed by atoms with van der Waals surface area (Å²) in [5.74, 6) is 0. The van der Waals surface area contributed by atoms with Crippen molar-refractivity contribution in [2.75, 3.05) is 13.1 Å². The van der Waals surface area contributed by atoms with E-state index >= 15 is 0 Å². The van der Waals surface area contributed by atoms with Gasteiger partial charge in [0.15, 0.2) is 0 Å². The van der Waals surface area contributed by atoms with E-state index in [1.54, 1.807) is 0 Å². The van der Waals surface area contributed by atoms with Crippen molar-refractivity contribution >= 4 is 0 Å². The molecule has 1 fully saturated rings. The molecule has 2 heteroatoms. The van der Waals surface area contributed by atoms with Gasteiger partial charge in [0, 0.05) is 12.1 Å². The molecule has 1 saturated carbocycles. The molecular weight excluding hydrogens is 136 g/mol. The van der Waals surface area contributed by atoms with Crippen molar-refractivity contribution < 1.29 is 0 Å². The summed E-state index contributed by atoms with van der Waals surface area (Å²) in [5.41, 5.74) is 0. The molecule has 0 amide bonds. The first-order valence-corrected chi connectivity index (χ1v) is 4.83. The van der Waals surface area contributed by atoms with Gasteiger partial charge in [-0.25, -0.2) is 0 Å². The van der Waals surface area contributed by atoms with Crippen LogP contribution in [-0.4, -0.2) is 25.2 Å². The lowest BCUT2D eigenvalue weighted by molar-refractivity contribution is 0.499. The highest BCUT2D eigenvalue weighted by atomic mass is 15.0. The van der Waals surface area contributed by atoms with Crippen molar-refractivity contribution in [3.8, 4) is 0 Å². The van der Waals surface area contributed by atoms with E-state index in [0.717, 1.165) is 25.2 Å². The summed E-state index contributed by atoms with van der Waals surface area (Å²) in [6, 6.07) is 1.56. The second-order valence-corrected chi connectivity index (χ2v) is 3.32. The fourth-order valence-electron chi connectivity index (χ4n) is 1.93. The van der Waals surface area contributed by atoms with E-state index in [4.69, 9.17) is 0 Å². The largest absolute Gasteiger partial charge is 0.314 e. The van der Waals surface area contributed by atoms with E-state index in [9.17, 15) is 0 Å². The van der Waals surface area contributed by atoms with Gasteiger partial charge in [0.05, 0.1) is 0 Å². The minimum atomic E-state index is 0.782. The quantitative estimate of drug-likeness (QED) is 0.637. The molecule has 0 aromatic heterocycles. The predicted octanol–water partition coefficient (Wildman–Crippen LogP) is 1.13. The smallest absolute Gasteiger partial charge is 0.00823 e. The first-order valence-electron chi connectivity index (χ1n) is 4.83. The number of hydrogen-bond acceptors (Lipinski definition) is 2. The molecule has 1 rings (SSSR count). The summed E-state index contributed by atoms with van der Waals surface area (Å²) in [4.78, 5) is 0. The van der Waals surface area contributed by atoms with Crippen molar-refractivity contribution in [3.63, 3.8) is 0 Å². The molecule has 11 heavy (non-hydrogen) atoms. The Morgan fingerprint density at radius 2 is 1.45 bits per heavy atom. The van der Waals surface area contributed by atoms with Crippen molar-refractivity contribution in [2.24, 2.45) is 0 Å². The van der Waals surface area contributed by atoms with Gasteiger partial charge in [0.25, 0.3) is 0 Å². The second kappa shape index (κ2) is 4.73. The molecule has 2 atom stereocenters. The van der Waals surface area contributed by atoms with Gasteiger partial charge >= 0.3 is 0 Å². The van der Waals surface area contributed by atoms with Crippen LogP contribution >= 0.6 is 0 Å². The first kappa shape index (κ1) is 9.01. The summed E-state index contributed by atoms with van der Waals surface area (Å²) in [6.45, 7) is 6.59. The van der Waals surface area contributed by atoms with E-state index in [2.05, 4.69) is 24.5 Å². The van der Waals surface area contributed by atoms with E-state index in [-0.39, 0.29) is 0 Å². The monoisotopic (exact) mass is 156 g/mol. The summed E-state index contributed by atoms with van der Waals surface area (Å²) in [6.07, 6.45) is 4.03. The molecule has 2 nitrogen and oxygen atoms in total. The van der Waals surface area contributed by atoms with E-state index < -0.39 is 0 Å². The van der Waals surface area contributed by atoms with Gasteiger partial charge in [0.1, 0.15) is 0 Å². The van der Waals surface area contributed by atoms with E-state index in [1.165, 1.54) is 19.3 Å². The molecule has 2 unspecified atom stereocenters. The number of rotatable bonds is 4. The molecular formula is C9H20N2. The van der Waals surface area contributed by atoms with Crippen LogP contribution in [0.2, 0.25) is 0 Å². The highest BCUT2D eigenvalue weighted by Crippen LogP contribution is 2.18. The highest BCUT2D eigenvalue weighted by molar-refractivity contribution is 4.84. The standard InChI is InChI=1S/C9H20N2/c1-3-10-8-5-6-9(7-8)11-4-2/h8-11H,3-7H2,1-2H3. The van der Waals surface area contributed by atoms with Crippen molar-refractivity contribution in [3.05, 3.63) is 0 Å². The molecule has 66 valence electrons. The topological polar surface area (TPSA) is 24.1 Å². The average molecular weight is 156 g/mol. The molecule has 1 aliphatic rings. The number of nitrogens with one attached hydrogen (secondary N) is 2. The van der Waals surface area contributed by atoms with Crippen molar-refractivity contribution in [2.45, 2.75) is 45.2 Å². The van der Waals surface area contributed by atoms with Crippen LogP contribution in [0.25, 0.3) is 0 Å². The third kappa shape index (κ3) is 2.80. The maximum absolute atomic E-state index is 3.49.